The van der Waals surface area contributed by atoms with E-state index in [1.165, 1.54) is 12.1 Å². The van der Waals surface area contributed by atoms with Crippen molar-refractivity contribution in [2.24, 2.45) is 0 Å². The van der Waals surface area contributed by atoms with Crippen LogP contribution in [-0.4, -0.2) is 41.7 Å². The van der Waals surface area contributed by atoms with Gasteiger partial charge in [-0.3, -0.25) is 4.68 Å². The monoisotopic (exact) mass is 477 g/mol. The van der Waals surface area contributed by atoms with Crippen molar-refractivity contribution in [1.29, 1.82) is 4.78 Å². The van der Waals surface area contributed by atoms with Crippen LogP contribution in [0.15, 0.2) is 58.1 Å². The number of alkyl halides is 3. The first kappa shape index (κ1) is 22.5. The van der Waals surface area contributed by atoms with E-state index in [4.69, 9.17) is 9.30 Å². The number of aromatic nitrogens is 5. The second kappa shape index (κ2) is 8.31. The second-order valence-corrected chi connectivity index (χ2v) is 9.13. The second-order valence-electron chi connectivity index (χ2n) is 7.08. The number of anilines is 1. The van der Waals surface area contributed by atoms with Crippen LogP contribution in [0.3, 0.4) is 0 Å². The lowest BCUT2D eigenvalue weighted by atomic mass is 10.2. The van der Waals surface area contributed by atoms with Gasteiger partial charge in [-0.05, 0) is 48.9 Å². The highest BCUT2D eigenvalue weighted by Crippen LogP contribution is 2.32. The highest BCUT2D eigenvalue weighted by Gasteiger charge is 2.43. The zero-order chi connectivity index (χ0) is 23.8. The molecular formula is C20H18F3N7O2S. The van der Waals surface area contributed by atoms with Crippen molar-refractivity contribution in [2.75, 3.05) is 12.4 Å². The minimum atomic E-state index is -5.16. The lowest BCUT2D eigenvalue weighted by molar-refractivity contribution is -0.0406. The smallest absolute Gasteiger partial charge is 0.373 e. The minimum absolute atomic E-state index is 0.124. The molecule has 4 aromatic rings. The van der Waals surface area contributed by atoms with Crippen LogP contribution in [0, 0.1) is 11.7 Å². The van der Waals surface area contributed by atoms with Crippen molar-refractivity contribution in [2.45, 2.75) is 23.9 Å². The van der Waals surface area contributed by atoms with E-state index in [2.05, 4.69) is 25.5 Å². The summed E-state index contributed by atoms with van der Waals surface area (Å²) < 4.78 is 64.4. The fourth-order valence-electron chi connectivity index (χ4n) is 2.99. The summed E-state index contributed by atoms with van der Waals surface area (Å²) in [4.78, 5) is 7.89. The summed E-state index contributed by atoms with van der Waals surface area (Å²) in [5, 5.41) is 11.3. The van der Waals surface area contributed by atoms with E-state index >= 15 is 0 Å². The molecule has 0 amide bonds. The number of rotatable bonds is 6. The van der Waals surface area contributed by atoms with Gasteiger partial charge in [-0.2, -0.15) is 23.3 Å². The summed E-state index contributed by atoms with van der Waals surface area (Å²) in [7, 11) is -3.14. The molecule has 3 aromatic heterocycles. The van der Waals surface area contributed by atoms with Crippen LogP contribution in [0.2, 0.25) is 0 Å². The molecule has 0 bridgehead atoms. The first-order chi connectivity index (χ1) is 15.6. The van der Waals surface area contributed by atoms with Crippen LogP contribution < -0.4 is 5.32 Å². The standard InChI is InChI=1S/C20H18F3N7O2S/c1-12-9-16(28-30(12)11-13-3-8-17(25-2)26-10-13)19-27-18(29-32-19)14-4-6-15(7-5-14)33(24,31)20(21,22)23/h3-10,24H,11H2,1-2H3,(H,25,26). The van der Waals surface area contributed by atoms with Crippen LogP contribution in [0.1, 0.15) is 11.3 Å². The van der Waals surface area contributed by atoms with Gasteiger partial charge >= 0.3 is 5.51 Å². The normalized spacial score (nSPS) is 13.6. The molecule has 2 N–H and O–H groups in total. The van der Waals surface area contributed by atoms with Gasteiger partial charge in [0.15, 0.2) is 15.4 Å². The first-order valence-electron chi connectivity index (χ1n) is 9.55. The summed E-state index contributed by atoms with van der Waals surface area (Å²) >= 11 is 0. The molecule has 9 nitrogen and oxygen atoms in total. The maximum absolute atomic E-state index is 12.8. The molecule has 0 saturated heterocycles. The molecule has 0 aliphatic carbocycles. The fraction of sp³-hybridized carbons (Fsp3) is 0.200. The Kier molecular flexibility index (Phi) is 5.66. The van der Waals surface area contributed by atoms with E-state index in [9.17, 15) is 17.4 Å². The average molecular weight is 477 g/mol. The molecule has 13 heteroatoms. The molecule has 0 radical (unpaired) electrons. The first-order valence-corrected chi connectivity index (χ1v) is 11.1. The summed E-state index contributed by atoms with van der Waals surface area (Å²) in [6, 6.07) is 10.0. The van der Waals surface area contributed by atoms with Gasteiger partial charge in [0.2, 0.25) is 5.82 Å². The zero-order valence-electron chi connectivity index (χ0n) is 17.4. The molecule has 4 rings (SSSR count). The molecule has 0 spiro atoms. The van der Waals surface area contributed by atoms with Crippen LogP contribution in [0.5, 0.6) is 0 Å². The minimum Gasteiger partial charge on any atom is -0.373 e. The number of hydrogen-bond acceptors (Lipinski definition) is 8. The predicted molar refractivity (Wildman–Crippen MR) is 114 cm³/mol. The van der Waals surface area contributed by atoms with Crippen molar-refractivity contribution in [1.82, 2.24) is 24.9 Å². The Morgan fingerprint density at radius 1 is 1.18 bits per heavy atom. The Morgan fingerprint density at radius 3 is 2.52 bits per heavy atom. The molecule has 172 valence electrons. The highest BCUT2D eigenvalue weighted by atomic mass is 32.2. The largest absolute Gasteiger partial charge is 0.483 e. The maximum atomic E-state index is 12.8. The molecule has 33 heavy (non-hydrogen) atoms. The summed E-state index contributed by atoms with van der Waals surface area (Å²) in [6.07, 6.45) is 1.75. The lowest BCUT2D eigenvalue weighted by Crippen LogP contribution is -2.21. The van der Waals surface area contributed by atoms with Crippen molar-refractivity contribution in [3.63, 3.8) is 0 Å². The number of aryl methyl sites for hydroxylation is 1. The molecule has 1 unspecified atom stereocenters. The number of hydrogen-bond donors (Lipinski definition) is 2. The molecular weight excluding hydrogens is 459 g/mol. The number of benzene rings is 1. The highest BCUT2D eigenvalue weighted by molar-refractivity contribution is 7.93. The van der Waals surface area contributed by atoms with E-state index in [0.29, 0.717) is 17.8 Å². The van der Waals surface area contributed by atoms with Gasteiger partial charge in [-0.25, -0.2) is 14.0 Å². The van der Waals surface area contributed by atoms with Crippen molar-refractivity contribution in [3.05, 3.63) is 59.9 Å². The molecule has 0 aliphatic rings. The van der Waals surface area contributed by atoms with Gasteiger partial charge in [-0.1, -0.05) is 11.2 Å². The molecule has 0 fully saturated rings. The molecule has 1 atom stereocenters. The van der Waals surface area contributed by atoms with E-state index in [-0.39, 0.29) is 11.7 Å². The van der Waals surface area contributed by atoms with Crippen LogP contribution >= 0.6 is 0 Å². The van der Waals surface area contributed by atoms with Crippen LogP contribution in [0.4, 0.5) is 19.0 Å². The average Bonchev–Trinajstić information content (AvgIpc) is 3.41. The van der Waals surface area contributed by atoms with Crippen LogP contribution in [-0.2, 0) is 16.3 Å². The van der Waals surface area contributed by atoms with Crippen molar-refractivity contribution >= 4 is 15.5 Å². The molecule has 3 heterocycles. The topological polar surface area (TPSA) is 123 Å². The third-order valence-electron chi connectivity index (χ3n) is 4.81. The molecule has 1 aromatic carbocycles. The van der Waals surface area contributed by atoms with Gasteiger partial charge in [0.25, 0.3) is 5.89 Å². The lowest BCUT2D eigenvalue weighted by Gasteiger charge is -2.11. The van der Waals surface area contributed by atoms with E-state index in [1.54, 1.807) is 24.0 Å². The number of nitrogens with one attached hydrogen (secondary N) is 2. The summed E-state index contributed by atoms with van der Waals surface area (Å²) in [5.74, 6) is 1.02. The third kappa shape index (κ3) is 4.44. The van der Waals surface area contributed by atoms with Gasteiger partial charge in [-0.15, -0.1) is 0 Å². The van der Waals surface area contributed by atoms with E-state index in [1.807, 2.05) is 19.1 Å². The SMILES string of the molecule is CNc1ccc(Cn2nc(-c3nc(-c4ccc(S(=N)(=O)C(F)(F)F)cc4)no3)cc2C)cn1. The van der Waals surface area contributed by atoms with Crippen LogP contribution in [0.25, 0.3) is 23.0 Å². The number of pyridine rings is 1. The van der Waals surface area contributed by atoms with Gasteiger partial charge in [0, 0.05) is 24.5 Å². The van der Waals surface area contributed by atoms with Gasteiger partial charge in [0.05, 0.1) is 11.4 Å². The predicted octanol–water partition coefficient (Wildman–Crippen LogP) is 4.32. The van der Waals surface area contributed by atoms with Gasteiger partial charge in [0.1, 0.15) is 5.82 Å². The zero-order valence-corrected chi connectivity index (χ0v) is 18.2. The molecule has 0 aliphatic heterocycles. The number of nitrogens with zero attached hydrogens (tertiary/aromatic N) is 5. The van der Waals surface area contributed by atoms with E-state index < -0.39 is 20.1 Å². The summed E-state index contributed by atoms with van der Waals surface area (Å²) in [6.45, 7) is 2.36. The number of halogens is 3. The fourth-order valence-corrected chi connectivity index (χ4v) is 3.77. The van der Waals surface area contributed by atoms with Gasteiger partial charge < -0.3 is 9.84 Å². The Bertz CT molecular complexity index is 1380. The molecule has 0 saturated carbocycles. The Labute approximate surface area is 186 Å². The third-order valence-corrected chi connectivity index (χ3v) is 6.40. The van der Waals surface area contributed by atoms with E-state index in [0.717, 1.165) is 29.2 Å². The Hall–Kier alpha value is -3.74. The van der Waals surface area contributed by atoms with Crippen molar-refractivity contribution < 1.29 is 21.9 Å². The Morgan fingerprint density at radius 2 is 1.91 bits per heavy atom. The van der Waals surface area contributed by atoms with Crippen molar-refractivity contribution in [3.8, 4) is 23.0 Å². The Balaban J connectivity index is 1.54. The quantitative estimate of drug-likeness (QED) is 0.424. The summed E-state index contributed by atoms with van der Waals surface area (Å²) in [5.41, 5.74) is -2.57. The maximum Gasteiger partial charge on any atom is 0.483 e.